The Morgan fingerprint density at radius 1 is 0.530 bits per heavy atom. The molecule has 1 aliphatic rings. The van der Waals surface area contributed by atoms with Gasteiger partial charge in [0.1, 0.15) is 24.4 Å². The highest BCUT2D eigenvalue weighted by Crippen LogP contribution is 2.22. The van der Waals surface area contributed by atoms with E-state index in [0.717, 1.165) is 109 Å². The zero-order valence-corrected chi connectivity index (χ0v) is 40.4. The minimum Gasteiger partial charge on any atom is -0.394 e. The molecule has 0 radical (unpaired) electrons. The highest BCUT2D eigenvalue weighted by Gasteiger charge is 2.44. The van der Waals surface area contributed by atoms with Gasteiger partial charge in [-0.3, -0.25) is 4.79 Å². The number of carbonyl (C=O) groups excluding carboxylic acids is 1. The number of ether oxygens (including phenoxy) is 2. The van der Waals surface area contributed by atoms with E-state index in [1.54, 1.807) is 6.08 Å². The molecule has 1 heterocycles. The molecular formula is C57H87NO8. The quantitative estimate of drug-likeness (QED) is 0.0265. The first kappa shape index (κ1) is 59.8. The third-order valence-electron chi connectivity index (χ3n) is 10.4. The third kappa shape index (κ3) is 34.2. The molecule has 0 aromatic carbocycles. The SMILES string of the molecule is CC/C=C\C/C=C\C/C=C\C/C=C\C/C=C\C/C=C\C/C=C\C/C=C\C/C=C\C/C=C\C/C=C\C/C=C\CCCCC(=O)NC(COC1OC(CO)C(O)C(O)C1O)C(O)/C=C/CCCC. The summed E-state index contributed by atoms with van der Waals surface area (Å²) in [4.78, 5) is 12.8. The van der Waals surface area contributed by atoms with Gasteiger partial charge in [0.15, 0.2) is 6.29 Å². The lowest BCUT2D eigenvalue weighted by Crippen LogP contribution is -2.60. The molecule has 9 heteroatoms. The summed E-state index contributed by atoms with van der Waals surface area (Å²) < 4.78 is 11.1. The summed E-state index contributed by atoms with van der Waals surface area (Å²) in [5.41, 5.74) is 0. The van der Waals surface area contributed by atoms with E-state index in [1.807, 2.05) is 6.08 Å². The zero-order chi connectivity index (χ0) is 48.0. The lowest BCUT2D eigenvalue weighted by molar-refractivity contribution is -0.302. The summed E-state index contributed by atoms with van der Waals surface area (Å²) in [6.45, 7) is 3.43. The van der Waals surface area contributed by atoms with E-state index >= 15 is 0 Å². The second-order valence-electron chi connectivity index (χ2n) is 16.2. The van der Waals surface area contributed by atoms with Crippen molar-refractivity contribution in [2.75, 3.05) is 13.2 Å². The second-order valence-corrected chi connectivity index (χ2v) is 16.2. The summed E-state index contributed by atoms with van der Waals surface area (Å²) in [6, 6.07) is -0.835. The van der Waals surface area contributed by atoms with Crippen LogP contribution < -0.4 is 5.32 Å². The Bertz CT molecular complexity index is 1580. The molecule has 9 nitrogen and oxygen atoms in total. The standard InChI is InChI=1S/C57H87NO8/c1-3-5-7-9-10-11-12-13-14-15-16-17-18-19-20-21-22-23-24-25-26-27-28-29-30-31-32-33-34-35-36-37-38-39-40-41-42-43-45-47-53(61)58-50(51(60)46-44-8-6-4-2)49-65-57-56(64)55(63)54(62)52(48-59)66-57/h5,7,10-11,13-14,16-17,19-20,22-23,25-26,28-29,31-32,34-35,37-38,40-41,44,46,50-52,54-57,59-60,62-64H,3-4,6,8-9,12,15,18,21,24,27,30,33,36,39,42-43,45,47-49H2,1-2H3,(H,58,61)/b7-5-,11-10-,14-13-,17-16-,20-19-,23-22-,26-25-,29-28-,32-31-,35-34-,38-37-,41-40-,46-44+. The van der Waals surface area contributed by atoms with E-state index in [4.69, 9.17) is 9.47 Å². The van der Waals surface area contributed by atoms with Crippen LogP contribution >= 0.6 is 0 Å². The number of aliphatic hydroxyl groups is 5. The third-order valence-corrected chi connectivity index (χ3v) is 10.4. The molecule has 7 unspecified atom stereocenters. The first-order chi connectivity index (χ1) is 32.3. The van der Waals surface area contributed by atoms with Crippen LogP contribution in [0.15, 0.2) is 158 Å². The van der Waals surface area contributed by atoms with Crippen LogP contribution in [0.1, 0.15) is 136 Å². The van der Waals surface area contributed by atoms with Crippen molar-refractivity contribution in [1.29, 1.82) is 0 Å². The van der Waals surface area contributed by atoms with Crippen LogP contribution in [0.2, 0.25) is 0 Å². The Balaban J connectivity index is 2.13. The number of rotatable bonds is 38. The Morgan fingerprint density at radius 2 is 0.924 bits per heavy atom. The predicted octanol–water partition coefficient (Wildman–Crippen LogP) is 11.3. The van der Waals surface area contributed by atoms with Gasteiger partial charge in [-0.1, -0.05) is 185 Å². The molecule has 1 aliphatic heterocycles. The summed E-state index contributed by atoms with van der Waals surface area (Å²) in [6.07, 6.45) is 65.3. The topological polar surface area (TPSA) is 149 Å². The van der Waals surface area contributed by atoms with Crippen molar-refractivity contribution < 1.29 is 39.8 Å². The zero-order valence-electron chi connectivity index (χ0n) is 40.4. The van der Waals surface area contributed by atoms with Crippen molar-refractivity contribution in [3.8, 4) is 0 Å². The smallest absolute Gasteiger partial charge is 0.220 e. The van der Waals surface area contributed by atoms with Gasteiger partial charge in [-0.25, -0.2) is 0 Å². The van der Waals surface area contributed by atoms with E-state index in [1.165, 1.54) is 0 Å². The van der Waals surface area contributed by atoms with Crippen LogP contribution in [0, 0.1) is 0 Å². The molecule has 0 saturated carbocycles. The highest BCUT2D eigenvalue weighted by molar-refractivity contribution is 5.76. The predicted molar refractivity (Wildman–Crippen MR) is 276 cm³/mol. The fraction of sp³-hybridized carbons (Fsp3) is 0.526. The van der Waals surface area contributed by atoms with Gasteiger partial charge in [0.25, 0.3) is 0 Å². The van der Waals surface area contributed by atoms with E-state index in [0.29, 0.717) is 6.42 Å². The molecule has 368 valence electrons. The van der Waals surface area contributed by atoms with E-state index in [2.05, 4.69) is 165 Å². The fourth-order valence-electron chi connectivity index (χ4n) is 6.41. The van der Waals surface area contributed by atoms with Crippen molar-refractivity contribution in [1.82, 2.24) is 5.32 Å². The first-order valence-electron chi connectivity index (χ1n) is 24.7. The van der Waals surface area contributed by atoms with E-state index in [9.17, 15) is 30.3 Å². The first-order valence-corrected chi connectivity index (χ1v) is 24.7. The normalized spacial score (nSPS) is 21.2. The summed E-state index contributed by atoms with van der Waals surface area (Å²) in [5, 5.41) is 53.5. The summed E-state index contributed by atoms with van der Waals surface area (Å²) in [7, 11) is 0. The Labute approximate surface area is 399 Å². The lowest BCUT2D eigenvalue weighted by Gasteiger charge is -2.40. The second kappa shape index (κ2) is 44.6. The molecule has 66 heavy (non-hydrogen) atoms. The molecule has 1 amide bonds. The number of aliphatic hydroxyl groups excluding tert-OH is 5. The van der Waals surface area contributed by atoms with Crippen molar-refractivity contribution >= 4 is 5.91 Å². The number of nitrogens with one attached hydrogen (secondary N) is 1. The Kier molecular flexibility index (Phi) is 40.5. The molecule has 1 fully saturated rings. The highest BCUT2D eigenvalue weighted by atomic mass is 16.7. The molecule has 7 atom stereocenters. The van der Waals surface area contributed by atoms with E-state index in [-0.39, 0.29) is 18.9 Å². The van der Waals surface area contributed by atoms with Crippen molar-refractivity contribution in [3.63, 3.8) is 0 Å². The minimum atomic E-state index is -1.58. The number of allylic oxidation sites excluding steroid dienone is 25. The largest absolute Gasteiger partial charge is 0.394 e. The maximum absolute atomic E-state index is 12.8. The van der Waals surface area contributed by atoms with Crippen LogP contribution in [-0.2, 0) is 14.3 Å². The molecule has 0 spiro atoms. The summed E-state index contributed by atoms with van der Waals surface area (Å²) >= 11 is 0. The van der Waals surface area contributed by atoms with Gasteiger partial charge < -0.3 is 40.3 Å². The Hall–Kier alpha value is -4.19. The molecule has 1 saturated heterocycles. The van der Waals surface area contributed by atoms with E-state index < -0.39 is 49.5 Å². The fourth-order valence-corrected chi connectivity index (χ4v) is 6.41. The number of hydrogen-bond acceptors (Lipinski definition) is 8. The van der Waals surface area contributed by atoms with Gasteiger partial charge in [-0.2, -0.15) is 0 Å². The molecule has 1 rings (SSSR count). The minimum absolute atomic E-state index is 0.221. The average molecular weight is 914 g/mol. The molecule has 6 N–H and O–H groups in total. The molecule has 0 aliphatic carbocycles. The van der Waals surface area contributed by atoms with Crippen LogP contribution in [0.4, 0.5) is 0 Å². The van der Waals surface area contributed by atoms with Crippen LogP contribution in [0.5, 0.6) is 0 Å². The van der Waals surface area contributed by atoms with Crippen molar-refractivity contribution in [2.45, 2.75) is 179 Å². The van der Waals surface area contributed by atoms with Gasteiger partial charge in [-0.05, 0) is 103 Å². The number of carbonyl (C=O) groups is 1. The van der Waals surface area contributed by atoms with Crippen LogP contribution in [0.25, 0.3) is 0 Å². The van der Waals surface area contributed by atoms with Crippen molar-refractivity contribution in [3.05, 3.63) is 158 Å². The summed E-state index contributed by atoms with van der Waals surface area (Å²) in [5.74, 6) is -0.238. The van der Waals surface area contributed by atoms with Gasteiger partial charge >= 0.3 is 0 Å². The van der Waals surface area contributed by atoms with Gasteiger partial charge in [-0.15, -0.1) is 0 Å². The Morgan fingerprint density at radius 3 is 1.32 bits per heavy atom. The molecular weight excluding hydrogens is 827 g/mol. The molecule has 0 bridgehead atoms. The van der Waals surface area contributed by atoms with Crippen LogP contribution in [-0.4, -0.2) is 87.5 Å². The monoisotopic (exact) mass is 914 g/mol. The number of hydrogen-bond donors (Lipinski definition) is 6. The van der Waals surface area contributed by atoms with Crippen molar-refractivity contribution in [2.24, 2.45) is 0 Å². The maximum Gasteiger partial charge on any atom is 0.220 e. The van der Waals surface area contributed by atoms with Gasteiger partial charge in [0, 0.05) is 6.42 Å². The maximum atomic E-state index is 12.8. The average Bonchev–Trinajstić information content (AvgIpc) is 3.32. The molecule has 0 aromatic heterocycles. The lowest BCUT2D eigenvalue weighted by atomic mass is 9.99. The van der Waals surface area contributed by atoms with Gasteiger partial charge in [0.05, 0.1) is 25.4 Å². The molecule has 0 aromatic rings. The van der Waals surface area contributed by atoms with Gasteiger partial charge in [0.2, 0.25) is 5.91 Å². The number of unbranched alkanes of at least 4 members (excludes halogenated alkanes) is 4. The van der Waals surface area contributed by atoms with Crippen LogP contribution in [0.3, 0.4) is 0 Å². The number of amides is 1.